The molecule has 1 heterocycles. The molecule has 0 aromatic rings. The lowest BCUT2D eigenvalue weighted by Gasteiger charge is -2.58. The third-order valence-electron chi connectivity index (χ3n) is 8.61. The molecule has 5 rings (SSSR count). The summed E-state index contributed by atoms with van der Waals surface area (Å²) in [4.78, 5) is 12.1. The van der Waals surface area contributed by atoms with Crippen LogP contribution in [0.5, 0.6) is 0 Å². The molecule has 2 heteroatoms. The summed E-state index contributed by atoms with van der Waals surface area (Å²) in [5, 5.41) is 0. The minimum atomic E-state index is -0.0121. The Morgan fingerprint density at radius 2 is 1.90 bits per heavy atom. The molecule has 0 bridgehead atoms. The molecule has 116 valence electrons. The minimum absolute atomic E-state index is 0.0121. The summed E-state index contributed by atoms with van der Waals surface area (Å²) < 4.78 is 5.90. The maximum atomic E-state index is 12.1. The summed E-state index contributed by atoms with van der Waals surface area (Å²) in [6.07, 6.45) is 10.9. The van der Waals surface area contributed by atoms with Gasteiger partial charge in [0.1, 0.15) is 6.10 Å². The summed E-state index contributed by atoms with van der Waals surface area (Å²) in [5.74, 6) is 3.73. The van der Waals surface area contributed by atoms with Crippen molar-refractivity contribution < 1.29 is 9.53 Å². The summed E-state index contributed by atoms with van der Waals surface area (Å²) in [6, 6.07) is 0. The first-order valence-electron chi connectivity index (χ1n) is 9.22. The maximum absolute atomic E-state index is 12.1. The number of rotatable bonds is 0. The molecule has 4 saturated carbocycles. The molecule has 2 nitrogen and oxygen atoms in total. The second-order valence-electron chi connectivity index (χ2n) is 9.25. The van der Waals surface area contributed by atoms with E-state index in [1.807, 2.05) is 0 Å². The Morgan fingerprint density at radius 1 is 1.05 bits per heavy atom. The standard InChI is InChI=1S/C19H28O2/c1-18-8-3-4-13(18)12-6-5-11-10-15(20)16-17(21-16)19(11,2)14(12)7-9-18/h11-14,16-17H,3-10H2,1-2H3. The highest BCUT2D eigenvalue weighted by atomic mass is 16.6. The van der Waals surface area contributed by atoms with Crippen LogP contribution >= 0.6 is 0 Å². The maximum Gasteiger partial charge on any atom is 0.164 e. The molecular weight excluding hydrogens is 260 g/mol. The van der Waals surface area contributed by atoms with Gasteiger partial charge in [0.05, 0.1) is 6.10 Å². The first-order chi connectivity index (χ1) is 10.0. The number of Topliss-reactive ketones (excluding diaryl/α,β-unsaturated/α-hetero) is 1. The Morgan fingerprint density at radius 3 is 2.76 bits per heavy atom. The average molecular weight is 288 g/mol. The van der Waals surface area contributed by atoms with Gasteiger partial charge in [-0.15, -0.1) is 0 Å². The van der Waals surface area contributed by atoms with E-state index in [1.54, 1.807) is 0 Å². The van der Waals surface area contributed by atoms with Gasteiger partial charge in [0.2, 0.25) is 0 Å². The molecule has 0 amide bonds. The van der Waals surface area contributed by atoms with Crippen LogP contribution in [0.4, 0.5) is 0 Å². The number of carbonyl (C=O) groups excluding carboxylic acids is 1. The van der Waals surface area contributed by atoms with Gasteiger partial charge in [-0.25, -0.2) is 0 Å². The molecule has 4 aliphatic carbocycles. The SMILES string of the molecule is CC12CCCC1C1CCC3CC(=O)C4OC4C3(C)C1CC2. The Balaban J connectivity index is 1.51. The fourth-order valence-corrected chi connectivity index (χ4v) is 7.42. The van der Waals surface area contributed by atoms with Crippen LogP contribution in [0.1, 0.15) is 65.2 Å². The predicted molar refractivity (Wildman–Crippen MR) is 80.8 cm³/mol. The highest BCUT2D eigenvalue weighted by Crippen LogP contribution is 2.68. The van der Waals surface area contributed by atoms with Crippen LogP contribution in [0.15, 0.2) is 0 Å². The first-order valence-corrected chi connectivity index (χ1v) is 9.22. The van der Waals surface area contributed by atoms with Crippen molar-refractivity contribution in [2.75, 3.05) is 0 Å². The smallest absolute Gasteiger partial charge is 0.164 e. The quantitative estimate of drug-likeness (QED) is 0.631. The van der Waals surface area contributed by atoms with E-state index >= 15 is 0 Å². The van der Waals surface area contributed by atoms with Crippen LogP contribution in [-0.2, 0) is 9.53 Å². The molecule has 0 aromatic heterocycles. The minimum Gasteiger partial charge on any atom is -0.361 e. The second-order valence-corrected chi connectivity index (χ2v) is 9.25. The highest BCUT2D eigenvalue weighted by molar-refractivity contribution is 5.87. The Bertz CT molecular complexity index is 500. The Hall–Kier alpha value is -0.370. The van der Waals surface area contributed by atoms with Crippen molar-refractivity contribution in [1.29, 1.82) is 0 Å². The van der Waals surface area contributed by atoms with E-state index in [0.29, 0.717) is 22.5 Å². The average Bonchev–Trinajstić information content (AvgIpc) is 3.17. The van der Waals surface area contributed by atoms with Crippen molar-refractivity contribution in [3.05, 3.63) is 0 Å². The zero-order valence-corrected chi connectivity index (χ0v) is 13.4. The zero-order valence-electron chi connectivity index (χ0n) is 13.4. The van der Waals surface area contributed by atoms with Crippen molar-refractivity contribution in [2.24, 2.45) is 34.5 Å². The number of epoxide rings is 1. The van der Waals surface area contributed by atoms with Gasteiger partial charge in [0, 0.05) is 11.8 Å². The van der Waals surface area contributed by atoms with Crippen molar-refractivity contribution in [2.45, 2.75) is 77.4 Å². The number of ketones is 1. The van der Waals surface area contributed by atoms with Gasteiger partial charge in [0.15, 0.2) is 5.78 Å². The van der Waals surface area contributed by atoms with E-state index < -0.39 is 0 Å². The third kappa shape index (κ3) is 1.51. The summed E-state index contributed by atoms with van der Waals surface area (Å²) in [7, 11) is 0. The Labute approximate surface area is 128 Å². The lowest BCUT2D eigenvalue weighted by Crippen LogP contribution is -2.55. The normalized spacial score (nSPS) is 61.5. The van der Waals surface area contributed by atoms with Gasteiger partial charge in [0.25, 0.3) is 0 Å². The van der Waals surface area contributed by atoms with Crippen LogP contribution in [0, 0.1) is 34.5 Å². The molecular formula is C19H28O2. The van der Waals surface area contributed by atoms with Gasteiger partial charge in [-0.3, -0.25) is 4.79 Å². The number of hydrogen-bond acceptors (Lipinski definition) is 2. The molecule has 8 unspecified atom stereocenters. The van der Waals surface area contributed by atoms with Gasteiger partial charge in [-0.2, -0.15) is 0 Å². The molecule has 1 aliphatic heterocycles. The van der Waals surface area contributed by atoms with Crippen LogP contribution in [0.25, 0.3) is 0 Å². The molecule has 1 saturated heterocycles. The molecule has 21 heavy (non-hydrogen) atoms. The molecule has 5 fully saturated rings. The number of carbonyl (C=O) groups is 1. The fourth-order valence-electron chi connectivity index (χ4n) is 7.42. The number of hydrogen-bond donors (Lipinski definition) is 0. The summed E-state index contributed by atoms with van der Waals surface area (Å²) >= 11 is 0. The van der Waals surface area contributed by atoms with E-state index in [1.165, 1.54) is 44.9 Å². The van der Waals surface area contributed by atoms with Crippen LogP contribution < -0.4 is 0 Å². The van der Waals surface area contributed by atoms with Crippen molar-refractivity contribution >= 4 is 5.78 Å². The zero-order chi connectivity index (χ0) is 14.4. The number of ether oxygens (including phenoxy) is 1. The molecule has 0 radical (unpaired) electrons. The van der Waals surface area contributed by atoms with Crippen LogP contribution in [-0.4, -0.2) is 18.0 Å². The summed E-state index contributed by atoms with van der Waals surface area (Å²) in [5.41, 5.74) is 0.948. The summed E-state index contributed by atoms with van der Waals surface area (Å²) in [6.45, 7) is 5.05. The molecule has 5 aliphatic rings. The number of fused-ring (bicyclic) bond motifs is 7. The van der Waals surface area contributed by atoms with Gasteiger partial charge in [-0.1, -0.05) is 20.3 Å². The van der Waals surface area contributed by atoms with E-state index in [9.17, 15) is 4.79 Å². The third-order valence-corrected chi connectivity index (χ3v) is 8.61. The van der Waals surface area contributed by atoms with E-state index in [0.717, 1.165) is 24.2 Å². The van der Waals surface area contributed by atoms with Crippen molar-refractivity contribution in [1.82, 2.24) is 0 Å². The monoisotopic (exact) mass is 288 g/mol. The van der Waals surface area contributed by atoms with Gasteiger partial charge in [-0.05, 0) is 67.6 Å². The Kier molecular flexibility index (Phi) is 2.45. The molecule has 8 atom stereocenters. The van der Waals surface area contributed by atoms with Gasteiger partial charge >= 0.3 is 0 Å². The predicted octanol–water partition coefficient (Wildman–Crippen LogP) is 3.98. The van der Waals surface area contributed by atoms with Crippen LogP contribution in [0.2, 0.25) is 0 Å². The second kappa shape index (κ2) is 3.93. The van der Waals surface area contributed by atoms with E-state index in [-0.39, 0.29) is 12.2 Å². The lowest BCUT2D eigenvalue weighted by atomic mass is 9.45. The molecule has 0 N–H and O–H groups in total. The lowest BCUT2D eigenvalue weighted by molar-refractivity contribution is -0.132. The van der Waals surface area contributed by atoms with E-state index in [2.05, 4.69) is 13.8 Å². The molecule has 0 aromatic carbocycles. The van der Waals surface area contributed by atoms with Crippen LogP contribution in [0.3, 0.4) is 0 Å². The largest absolute Gasteiger partial charge is 0.361 e. The van der Waals surface area contributed by atoms with E-state index in [4.69, 9.17) is 4.74 Å². The van der Waals surface area contributed by atoms with Crippen molar-refractivity contribution in [3.8, 4) is 0 Å². The first kappa shape index (κ1) is 13.1. The highest BCUT2D eigenvalue weighted by Gasteiger charge is 2.68. The topological polar surface area (TPSA) is 29.6 Å². The van der Waals surface area contributed by atoms with Gasteiger partial charge < -0.3 is 4.74 Å². The fraction of sp³-hybridized carbons (Fsp3) is 0.947. The van der Waals surface area contributed by atoms with Crippen molar-refractivity contribution in [3.63, 3.8) is 0 Å². The molecule has 0 spiro atoms.